The lowest BCUT2D eigenvalue weighted by molar-refractivity contribution is -0.131. The molecule has 1 saturated heterocycles. The van der Waals surface area contributed by atoms with E-state index in [-0.39, 0.29) is 5.91 Å². The molecule has 1 aliphatic rings. The molecule has 1 fully saturated rings. The van der Waals surface area contributed by atoms with Crippen LogP contribution < -0.4 is 10.1 Å². The Morgan fingerprint density at radius 2 is 2.35 bits per heavy atom. The fourth-order valence-corrected chi connectivity index (χ4v) is 2.63. The van der Waals surface area contributed by atoms with Gasteiger partial charge in [0.2, 0.25) is 5.91 Å². The molecule has 1 unspecified atom stereocenters. The van der Waals surface area contributed by atoms with Crippen molar-refractivity contribution < 1.29 is 9.53 Å². The lowest BCUT2D eigenvalue weighted by Crippen LogP contribution is -2.34. The minimum atomic E-state index is 0.224. The predicted molar refractivity (Wildman–Crippen MR) is 79.7 cm³/mol. The second kappa shape index (κ2) is 7.29. The number of piperidine rings is 1. The Kier molecular flexibility index (Phi) is 5.41. The van der Waals surface area contributed by atoms with Crippen LogP contribution in [0.25, 0.3) is 0 Å². The predicted octanol–water partition coefficient (Wildman–Crippen LogP) is 2.04. The van der Waals surface area contributed by atoms with Crippen molar-refractivity contribution in [1.82, 2.24) is 10.2 Å². The molecule has 1 aromatic carbocycles. The molecule has 1 N–H and O–H groups in total. The second-order valence-corrected chi connectivity index (χ2v) is 5.52. The van der Waals surface area contributed by atoms with E-state index in [1.807, 2.05) is 36.2 Å². The Bertz CT molecular complexity index is 442. The van der Waals surface area contributed by atoms with Crippen molar-refractivity contribution >= 4 is 5.91 Å². The van der Waals surface area contributed by atoms with Gasteiger partial charge in [-0.15, -0.1) is 0 Å². The van der Waals surface area contributed by atoms with E-state index in [4.69, 9.17) is 4.74 Å². The summed E-state index contributed by atoms with van der Waals surface area (Å²) in [5.41, 5.74) is 1.10. The van der Waals surface area contributed by atoms with E-state index in [9.17, 15) is 4.79 Å². The Morgan fingerprint density at radius 1 is 1.50 bits per heavy atom. The van der Waals surface area contributed by atoms with Gasteiger partial charge < -0.3 is 15.0 Å². The van der Waals surface area contributed by atoms with Crippen molar-refractivity contribution in [2.75, 3.05) is 27.2 Å². The number of nitrogens with one attached hydrogen (secondary N) is 1. The molecule has 2 rings (SSSR count). The number of hydrogen-bond donors (Lipinski definition) is 1. The first kappa shape index (κ1) is 14.9. The van der Waals surface area contributed by atoms with E-state index in [1.165, 1.54) is 6.42 Å². The minimum Gasteiger partial charge on any atom is -0.497 e. The SMILES string of the molecule is COc1cccc(CN(C)C(=O)CC2CCCNC2)c1. The molecule has 0 saturated carbocycles. The molecule has 0 aliphatic carbocycles. The van der Waals surface area contributed by atoms with Crippen LogP contribution in [0.1, 0.15) is 24.8 Å². The molecule has 0 bridgehead atoms. The quantitative estimate of drug-likeness (QED) is 0.895. The van der Waals surface area contributed by atoms with Gasteiger partial charge in [-0.1, -0.05) is 12.1 Å². The third kappa shape index (κ3) is 4.23. The summed E-state index contributed by atoms with van der Waals surface area (Å²) in [7, 11) is 3.53. The number of ether oxygens (including phenoxy) is 1. The third-order valence-electron chi connectivity index (χ3n) is 3.84. The largest absolute Gasteiger partial charge is 0.497 e. The van der Waals surface area contributed by atoms with E-state index in [0.29, 0.717) is 18.9 Å². The van der Waals surface area contributed by atoms with Crippen LogP contribution in [0.4, 0.5) is 0 Å². The van der Waals surface area contributed by atoms with Crippen LogP contribution in [0.2, 0.25) is 0 Å². The summed E-state index contributed by atoms with van der Waals surface area (Å²) in [6.45, 7) is 2.69. The van der Waals surface area contributed by atoms with E-state index >= 15 is 0 Å². The van der Waals surface area contributed by atoms with Crippen LogP contribution in [0, 0.1) is 5.92 Å². The number of methoxy groups -OCH3 is 1. The average molecular weight is 276 g/mol. The molecule has 0 aromatic heterocycles. The van der Waals surface area contributed by atoms with E-state index < -0.39 is 0 Å². The van der Waals surface area contributed by atoms with E-state index in [2.05, 4.69) is 5.32 Å². The fraction of sp³-hybridized carbons (Fsp3) is 0.562. The van der Waals surface area contributed by atoms with Gasteiger partial charge in [0, 0.05) is 20.0 Å². The normalized spacial score (nSPS) is 18.6. The molecule has 0 spiro atoms. The van der Waals surface area contributed by atoms with Gasteiger partial charge in [0.15, 0.2) is 0 Å². The maximum atomic E-state index is 12.2. The molecule has 1 atom stereocenters. The van der Waals surface area contributed by atoms with Gasteiger partial charge in [-0.3, -0.25) is 4.79 Å². The van der Waals surface area contributed by atoms with Crippen molar-refractivity contribution in [3.63, 3.8) is 0 Å². The average Bonchev–Trinajstić information content (AvgIpc) is 2.48. The van der Waals surface area contributed by atoms with Crippen LogP contribution in [0.5, 0.6) is 5.75 Å². The summed E-state index contributed by atoms with van der Waals surface area (Å²) in [6, 6.07) is 7.87. The molecule has 20 heavy (non-hydrogen) atoms. The molecule has 4 nitrogen and oxygen atoms in total. The Labute approximate surface area is 121 Å². The van der Waals surface area contributed by atoms with Crippen LogP contribution in [0.3, 0.4) is 0 Å². The van der Waals surface area contributed by atoms with Gasteiger partial charge in [-0.25, -0.2) is 0 Å². The van der Waals surface area contributed by atoms with Gasteiger partial charge >= 0.3 is 0 Å². The molecule has 4 heteroatoms. The molecule has 110 valence electrons. The number of benzene rings is 1. The highest BCUT2D eigenvalue weighted by Crippen LogP contribution is 2.17. The summed E-state index contributed by atoms with van der Waals surface area (Å²) in [4.78, 5) is 14.0. The number of carbonyl (C=O) groups excluding carboxylic acids is 1. The molecule has 1 amide bonds. The first-order valence-electron chi connectivity index (χ1n) is 7.26. The number of hydrogen-bond acceptors (Lipinski definition) is 3. The Morgan fingerprint density at radius 3 is 3.05 bits per heavy atom. The van der Waals surface area contributed by atoms with E-state index in [0.717, 1.165) is 30.8 Å². The molecule has 1 heterocycles. The lowest BCUT2D eigenvalue weighted by atomic mass is 9.95. The van der Waals surface area contributed by atoms with Crippen molar-refractivity contribution in [3.8, 4) is 5.75 Å². The van der Waals surface area contributed by atoms with Gasteiger partial charge in [-0.05, 0) is 49.5 Å². The summed E-state index contributed by atoms with van der Waals surface area (Å²) in [5.74, 6) is 1.55. The van der Waals surface area contributed by atoms with Crippen molar-refractivity contribution in [3.05, 3.63) is 29.8 Å². The highest BCUT2D eigenvalue weighted by atomic mass is 16.5. The fourth-order valence-electron chi connectivity index (χ4n) is 2.63. The monoisotopic (exact) mass is 276 g/mol. The molecular formula is C16H24N2O2. The Balaban J connectivity index is 1.86. The molecule has 1 aliphatic heterocycles. The lowest BCUT2D eigenvalue weighted by Gasteiger charge is -2.25. The van der Waals surface area contributed by atoms with Gasteiger partial charge in [0.05, 0.1) is 7.11 Å². The maximum absolute atomic E-state index is 12.2. The van der Waals surface area contributed by atoms with Gasteiger partial charge in [0.25, 0.3) is 0 Å². The maximum Gasteiger partial charge on any atom is 0.222 e. The van der Waals surface area contributed by atoms with Gasteiger partial charge in [-0.2, -0.15) is 0 Å². The smallest absolute Gasteiger partial charge is 0.222 e. The number of carbonyl (C=O) groups is 1. The number of rotatable bonds is 5. The van der Waals surface area contributed by atoms with Crippen LogP contribution in [0.15, 0.2) is 24.3 Å². The van der Waals surface area contributed by atoms with Crippen molar-refractivity contribution in [1.29, 1.82) is 0 Å². The number of nitrogens with zero attached hydrogens (tertiary/aromatic N) is 1. The first-order chi connectivity index (χ1) is 9.69. The van der Waals surface area contributed by atoms with E-state index in [1.54, 1.807) is 7.11 Å². The third-order valence-corrected chi connectivity index (χ3v) is 3.84. The zero-order valence-electron chi connectivity index (χ0n) is 12.4. The van der Waals surface area contributed by atoms with Crippen molar-refractivity contribution in [2.24, 2.45) is 5.92 Å². The molecule has 0 radical (unpaired) electrons. The van der Waals surface area contributed by atoms with Crippen LogP contribution in [-0.2, 0) is 11.3 Å². The minimum absolute atomic E-state index is 0.224. The summed E-state index contributed by atoms with van der Waals surface area (Å²) >= 11 is 0. The topological polar surface area (TPSA) is 41.6 Å². The zero-order chi connectivity index (χ0) is 14.4. The standard InChI is InChI=1S/C16H24N2O2/c1-18(12-14-5-3-7-15(9-14)20-2)16(19)10-13-6-4-8-17-11-13/h3,5,7,9,13,17H,4,6,8,10-12H2,1-2H3. The summed E-state index contributed by atoms with van der Waals surface area (Å²) < 4.78 is 5.21. The van der Waals surface area contributed by atoms with Crippen LogP contribution in [-0.4, -0.2) is 38.1 Å². The Hall–Kier alpha value is -1.55. The molecular weight excluding hydrogens is 252 g/mol. The molecule has 1 aromatic rings. The highest BCUT2D eigenvalue weighted by Gasteiger charge is 2.19. The van der Waals surface area contributed by atoms with Crippen LogP contribution >= 0.6 is 0 Å². The summed E-state index contributed by atoms with van der Waals surface area (Å²) in [5, 5.41) is 3.36. The second-order valence-electron chi connectivity index (χ2n) is 5.52. The summed E-state index contributed by atoms with van der Waals surface area (Å²) in [6.07, 6.45) is 2.98. The van der Waals surface area contributed by atoms with Crippen molar-refractivity contribution in [2.45, 2.75) is 25.8 Å². The number of amides is 1. The van der Waals surface area contributed by atoms with Gasteiger partial charge in [0.1, 0.15) is 5.75 Å². The first-order valence-corrected chi connectivity index (χ1v) is 7.26. The highest BCUT2D eigenvalue weighted by molar-refractivity contribution is 5.76. The zero-order valence-corrected chi connectivity index (χ0v) is 12.4.